The highest BCUT2D eigenvalue weighted by Gasteiger charge is 2.31. The predicted octanol–water partition coefficient (Wildman–Crippen LogP) is 0.349. The van der Waals surface area contributed by atoms with Crippen molar-refractivity contribution in [2.24, 2.45) is 5.73 Å². The molecule has 5 heteroatoms. The Hall–Kier alpha value is -0.650. The molecule has 0 aromatic carbocycles. The Morgan fingerprint density at radius 3 is 2.83 bits per heavy atom. The van der Waals surface area contributed by atoms with Gasteiger partial charge in [0, 0.05) is 19.1 Å². The average molecular weight is 255 g/mol. The van der Waals surface area contributed by atoms with E-state index in [2.05, 4.69) is 9.80 Å². The van der Waals surface area contributed by atoms with E-state index < -0.39 is 11.5 Å². The lowest BCUT2D eigenvalue weighted by Gasteiger charge is -2.28. The van der Waals surface area contributed by atoms with E-state index in [1.165, 1.54) is 32.4 Å². The number of hydrogen-bond donors (Lipinski definition) is 2. The molecule has 0 aliphatic carbocycles. The van der Waals surface area contributed by atoms with Crippen molar-refractivity contribution in [2.75, 3.05) is 32.7 Å². The third-order valence-electron chi connectivity index (χ3n) is 4.32. The highest BCUT2D eigenvalue weighted by Crippen LogP contribution is 2.21. The third-order valence-corrected chi connectivity index (χ3v) is 4.32. The van der Waals surface area contributed by atoms with Crippen LogP contribution in [-0.2, 0) is 4.79 Å². The van der Waals surface area contributed by atoms with E-state index in [1.807, 2.05) is 0 Å². The van der Waals surface area contributed by atoms with Gasteiger partial charge in [-0.1, -0.05) is 0 Å². The molecule has 0 bridgehead atoms. The van der Waals surface area contributed by atoms with Gasteiger partial charge >= 0.3 is 5.97 Å². The van der Waals surface area contributed by atoms with E-state index >= 15 is 0 Å². The topological polar surface area (TPSA) is 69.8 Å². The number of hydrogen-bond acceptors (Lipinski definition) is 4. The molecule has 2 aliphatic heterocycles. The van der Waals surface area contributed by atoms with Gasteiger partial charge in [-0.15, -0.1) is 0 Å². The second-order valence-corrected chi connectivity index (χ2v) is 5.96. The first-order valence-corrected chi connectivity index (χ1v) is 6.98. The van der Waals surface area contributed by atoms with Crippen LogP contribution in [0.4, 0.5) is 0 Å². The Morgan fingerprint density at radius 1 is 1.39 bits per heavy atom. The lowest BCUT2D eigenvalue weighted by Crippen LogP contribution is -2.48. The molecule has 2 fully saturated rings. The SMILES string of the molecule is CC(N)(CCN1CCCN2CCCC2C1)C(=O)O. The van der Waals surface area contributed by atoms with E-state index in [4.69, 9.17) is 10.8 Å². The van der Waals surface area contributed by atoms with Gasteiger partial charge < -0.3 is 15.7 Å². The van der Waals surface area contributed by atoms with Crippen molar-refractivity contribution in [3.05, 3.63) is 0 Å². The zero-order valence-corrected chi connectivity index (χ0v) is 11.3. The normalized spacial score (nSPS) is 29.6. The minimum absolute atomic E-state index is 0.523. The van der Waals surface area contributed by atoms with Crippen molar-refractivity contribution in [1.82, 2.24) is 9.80 Å². The molecule has 0 aromatic heterocycles. The van der Waals surface area contributed by atoms with Crippen LogP contribution in [0.1, 0.15) is 32.6 Å². The number of nitrogens with zero attached hydrogens (tertiary/aromatic N) is 2. The Morgan fingerprint density at radius 2 is 2.11 bits per heavy atom. The van der Waals surface area contributed by atoms with Gasteiger partial charge in [0.15, 0.2) is 0 Å². The second-order valence-electron chi connectivity index (χ2n) is 5.96. The number of aliphatic carboxylic acids is 1. The van der Waals surface area contributed by atoms with Crippen molar-refractivity contribution in [1.29, 1.82) is 0 Å². The third kappa shape index (κ3) is 3.22. The molecule has 104 valence electrons. The molecule has 2 saturated heterocycles. The molecule has 0 aromatic rings. The van der Waals surface area contributed by atoms with Gasteiger partial charge in [0.05, 0.1) is 0 Å². The molecule has 2 atom stereocenters. The number of carbonyl (C=O) groups is 1. The first-order valence-electron chi connectivity index (χ1n) is 6.98. The minimum Gasteiger partial charge on any atom is -0.480 e. The van der Waals surface area contributed by atoms with Crippen LogP contribution in [0, 0.1) is 0 Å². The summed E-state index contributed by atoms with van der Waals surface area (Å²) in [5.41, 5.74) is 4.69. The van der Waals surface area contributed by atoms with Gasteiger partial charge in [0.25, 0.3) is 0 Å². The Kier molecular flexibility index (Phi) is 4.25. The van der Waals surface area contributed by atoms with Gasteiger partial charge in [-0.2, -0.15) is 0 Å². The molecule has 2 aliphatic rings. The molecular formula is C13H25N3O2. The summed E-state index contributed by atoms with van der Waals surface area (Å²) >= 11 is 0. The molecular weight excluding hydrogens is 230 g/mol. The summed E-state index contributed by atoms with van der Waals surface area (Å²) in [5, 5.41) is 9.02. The van der Waals surface area contributed by atoms with E-state index in [9.17, 15) is 4.79 Å². The second kappa shape index (κ2) is 5.55. The standard InChI is InChI=1S/C13H25N3O2/c1-13(14,12(17)18)5-9-15-6-3-8-16-7-2-4-11(16)10-15/h11H,2-10,14H2,1H3,(H,17,18). The summed E-state index contributed by atoms with van der Waals surface area (Å²) in [4.78, 5) is 16.0. The predicted molar refractivity (Wildman–Crippen MR) is 70.5 cm³/mol. The van der Waals surface area contributed by atoms with Crippen LogP contribution in [0.25, 0.3) is 0 Å². The maximum absolute atomic E-state index is 11.0. The molecule has 0 amide bonds. The van der Waals surface area contributed by atoms with Crippen molar-refractivity contribution < 1.29 is 9.90 Å². The number of nitrogens with two attached hydrogens (primary N) is 1. The van der Waals surface area contributed by atoms with Crippen LogP contribution >= 0.6 is 0 Å². The van der Waals surface area contributed by atoms with Crippen molar-refractivity contribution >= 4 is 5.97 Å². The Labute approximate surface area is 109 Å². The molecule has 18 heavy (non-hydrogen) atoms. The van der Waals surface area contributed by atoms with Crippen LogP contribution in [-0.4, -0.2) is 65.2 Å². The number of carboxylic acids is 1. The fraction of sp³-hybridized carbons (Fsp3) is 0.923. The van der Waals surface area contributed by atoms with Crippen LogP contribution in [0.5, 0.6) is 0 Å². The minimum atomic E-state index is -1.10. The van der Waals surface area contributed by atoms with Gasteiger partial charge in [-0.3, -0.25) is 9.69 Å². The van der Waals surface area contributed by atoms with Crippen molar-refractivity contribution in [3.8, 4) is 0 Å². The average Bonchev–Trinajstić information content (AvgIpc) is 2.65. The van der Waals surface area contributed by atoms with Crippen molar-refractivity contribution in [2.45, 2.75) is 44.2 Å². The number of fused-ring (bicyclic) bond motifs is 1. The first kappa shape index (κ1) is 13.8. The maximum atomic E-state index is 11.0. The quantitative estimate of drug-likeness (QED) is 0.758. The van der Waals surface area contributed by atoms with E-state index in [1.54, 1.807) is 6.92 Å². The smallest absolute Gasteiger partial charge is 0.323 e. The summed E-state index contributed by atoms with van der Waals surface area (Å²) in [6, 6.07) is 0.682. The summed E-state index contributed by atoms with van der Waals surface area (Å²) in [5.74, 6) is -0.903. The van der Waals surface area contributed by atoms with E-state index in [0.29, 0.717) is 12.5 Å². The largest absolute Gasteiger partial charge is 0.480 e. The highest BCUT2D eigenvalue weighted by molar-refractivity contribution is 5.77. The molecule has 5 nitrogen and oxygen atoms in total. The van der Waals surface area contributed by atoms with E-state index in [0.717, 1.165) is 19.6 Å². The Balaban J connectivity index is 1.84. The zero-order valence-electron chi connectivity index (χ0n) is 11.3. The molecule has 2 rings (SSSR count). The molecule has 0 saturated carbocycles. The summed E-state index contributed by atoms with van der Waals surface area (Å²) in [6.07, 6.45) is 4.30. The molecule has 3 N–H and O–H groups in total. The van der Waals surface area contributed by atoms with Crippen LogP contribution in [0.3, 0.4) is 0 Å². The monoisotopic (exact) mass is 255 g/mol. The lowest BCUT2D eigenvalue weighted by molar-refractivity contribution is -0.143. The summed E-state index contributed by atoms with van der Waals surface area (Å²) in [7, 11) is 0. The molecule has 2 unspecified atom stereocenters. The van der Waals surface area contributed by atoms with Gasteiger partial charge in [0.2, 0.25) is 0 Å². The molecule has 0 radical (unpaired) electrons. The lowest BCUT2D eigenvalue weighted by atomic mass is 9.99. The fourth-order valence-corrected chi connectivity index (χ4v) is 2.98. The zero-order chi connectivity index (χ0) is 13.2. The summed E-state index contributed by atoms with van der Waals surface area (Å²) < 4.78 is 0. The van der Waals surface area contributed by atoms with Crippen LogP contribution < -0.4 is 5.73 Å². The van der Waals surface area contributed by atoms with Gasteiger partial charge in [0.1, 0.15) is 5.54 Å². The van der Waals surface area contributed by atoms with Crippen molar-refractivity contribution in [3.63, 3.8) is 0 Å². The van der Waals surface area contributed by atoms with Gasteiger partial charge in [-0.05, 0) is 52.2 Å². The summed E-state index contributed by atoms with van der Waals surface area (Å²) in [6.45, 7) is 6.99. The number of carboxylic acid groups (broad SMARTS) is 1. The van der Waals surface area contributed by atoms with E-state index in [-0.39, 0.29) is 0 Å². The molecule has 2 heterocycles. The van der Waals surface area contributed by atoms with Gasteiger partial charge in [-0.25, -0.2) is 0 Å². The highest BCUT2D eigenvalue weighted by atomic mass is 16.4. The van der Waals surface area contributed by atoms with Crippen LogP contribution in [0.2, 0.25) is 0 Å². The Bertz CT molecular complexity index is 307. The first-order chi connectivity index (χ1) is 8.49. The maximum Gasteiger partial charge on any atom is 0.323 e. The number of rotatable bonds is 4. The molecule has 0 spiro atoms. The fourth-order valence-electron chi connectivity index (χ4n) is 2.98. The van der Waals surface area contributed by atoms with Crippen LogP contribution in [0.15, 0.2) is 0 Å².